The van der Waals surface area contributed by atoms with Crippen LogP contribution in [0.5, 0.6) is 0 Å². The van der Waals surface area contributed by atoms with E-state index in [1.165, 1.54) is 5.56 Å². The van der Waals surface area contributed by atoms with E-state index in [1.54, 1.807) is 0 Å². The van der Waals surface area contributed by atoms with Crippen molar-refractivity contribution < 1.29 is 0 Å². The monoisotopic (exact) mass is 278 g/mol. The number of nitrogens with one attached hydrogen (secondary N) is 2. The van der Waals surface area contributed by atoms with Gasteiger partial charge in [-0.3, -0.25) is 0 Å². The molecule has 2 N–H and O–H groups in total. The van der Waals surface area contributed by atoms with Crippen LogP contribution in [0.4, 0.5) is 5.69 Å². The second-order valence-electron chi connectivity index (χ2n) is 3.51. The molecule has 0 aliphatic heterocycles. The van der Waals surface area contributed by atoms with Crippen LogP contribution in [0.25, 0.3) is 11.0 Å². The molecule has 0 atom stereocenters. The third kappa shape index (κ3) is 1.75. The van der Waals surface area contributed by atoms with Crippen LogP contribution in [0.3, 0.4) is 0 Å². The molecule has 0 bridgehead atoms. The minimum absolute atomic E-state index is 0.0359. The second-order valence-corrected chi connectivity index (χ2v) is 4.62. The predicted octanol–water partition coefficient (Wildman–Crippen LogP) is 1.63. The first-order valence-corrected chi connectivity index (χ1v) is 6.53. The minimum atomic E-state index is 0.0359. The Bertz CT molecular complexity index is 585. The molecular formula is C11H10N4Se. The van der Waals surface area contributed by atoms with Gasteiger partial charge >= 0.3 is 98.7 Å². The molecule has 0 aliphatic carbocycles. The molecular weight excluding hydrogens is 267 g/mol. The predicted molar refractivity (Wildman–Crippen MR) is 64.6 cm³/mol. The SMILES string of the molecule is c1cc(NCc2cc[nH]c2)c2n[se]nc2c1. The van der Waals surface area contributed by atoms with Crippen LogP contribution in [0.1, 0.15) is 5.56 Å². The van der Waals surface area contributed by atoms with Crippen LogP contribution < -0.4 is 5.32 Å². The molecule has 0 spiro atoms. The Kier molecular flexibility index (Phi) is 2.48. The van der Waals surface area contributed by atoms with Gasteiger partial charge in [0, 0.05) is 0 Å². The second kappa shape index (κ2) is 4.12. The summed E-state index contributed by atoms with van der Waals surface area (Å²) in [6.07, 6.45) is 3.91. The van der Waals surface area contributed by atoms with Crippen molar-refractivity contribution in [3.05, 3.63) is 42.2 Å². The Morgan fingerprint density at radius 1 is 1.25 bits per heavy atom. The molecule has 0 amide bonds. The third-order valence-electron chi connectivity index (χ3n) is 2.43. The molecule has 3 aromatic rings. The van der Waals surface area contributed by atoms with Crippen molar-refractivity contribution >= 4 is 31.7 Å². The van der Waals surface area contributed by atoms with Crippen LogP contribution >= 0.6 is 0 Å². The number of aromatic nitrogens is 3. The van der Waals surface area contributed by atoms with Gasteiger partial charge in [0.15, 0.2) is 0 Å². The fourth-order valence-corrected chi connectivity index (χ4v) is 2.77. The number of hydrogen-bond donors (Lipinski definition) is 2. The van der Waals surface area contributed by atoms with Crippen molar-refractivity contribution in [1.82, 2.24) is 12.9 Å². The molecule has 0 fully saturated rings. The van der Waals surface area contributed by atoms with E-state index in [0.717, 1.165) is 23.3 Å². The van der Waals surface area contributed by atoms with E-state index in [4.69, 9.17) is 0 Å². The number of fused-ring (bicyclic) bond motifs is 1. The van der Waals surface area contributed by atoms with E-state index >= 15 is 0 Å². The molecule has 80 valence electrons. The number of H-pyrrole nitrogens is 1. The van der Waals surface area contributed by atoms with Gasteiger partial charge in [0.2, 0.25) is 0 Å². The van der Waals surface area contributed by atoms with Crippen molar-refractivity contribution in [2.45, 2.75) is 6.54 Å². The van der Waals surface area contributed by atoms with E-state index < -0.39 is 0 Å². The van der Waals surface area contributed by atoms with Crippen LogP contribution in [-0.2, 0) is 6.54 Å². The van der Waals surface area contributed by atoms with Gasteiger partial charge in [-0.05, 0) is 0 Å². The molecule has 1 aromatic carbocycles. The molecule has 2 heterocycles. The number of nitrogens with zero attached hydrogens (tertiary/aromatic N) is 2. The molecule has 2 aromatic heterocycles. The summed E-state index contributed by atoms with van der Waals surface area (Å²) in [5, 5.41) is 3.38. The van der Waals surface area contributed by atoms with Crippen molar-refractivity contribution in [2.75, 3.05) is 5.32 Å². The van der Waals surface area contributed by atoms with Gasteiger partial charge in [-0.2, -0.15) is 0 Å². The Morgan fingerprint density at radius 3 is 3.12 bits per heavy atom. The van der Waals surface area contributed by atoms with Gasteiger partial charge in [0.1, 0.15) is 0 Å². The summed E-state index contributed by atoms with van der Waals surface area (Å²) in [6.45, 7) is 0.808. The summed E-state index contributed by atoms with van der Waals surface area (Å²) in [5.74, 6) is 0. The summed E-state index contributed by atoms with van der Waals surface area (Å²) in [5.41, 5.74) is 4.33. The van der Waals surface area contributed by atoms with Crippen LogP contribution in [0.15, 0.2) is 36.7 Å². The van der Waals surface area contributed by atoms with E-state index in [2.05, 4.69) is 24.3 Å². The van der Waals surface area contributed by atoms with Crippen LogP contribution in [0, 0.1) is 0 Å². The Morgan fingerprint density at radius 2 is 2.25 bits per heavy atom. The van der Waals surface area contributed by atoms with Crippen molar-refractivity contribution in [3.63, 3.8) is 0 Å². The van der Waals surface area contributed by atoms with Crippen molar-refractivity contribution in [1.29, 1.82) is 0 Å². The average molecular weight is 277 g/mol. The number of aromatic amines is 1. The Labute approximate surface area is 98.9 Å². The maximum atomic E-state index is 4.42. The summed E-state index contributed by atoms with van der Waals surface area (Å²) in [7, 11) is 0. The maximum absolute atomic E-state index is 4.42. The van der Waals surface area contributed by atoms with Gasteiger partial charge in [0.05, 0.1) is 0 Å². The summed E-state index contributed by atoms with van der Waals surface area (Å²) in [4.78, 5) is 3.04. The number of anilines is 1. The zero-order valence-electron chi connectivity index (χ0n) is 8.47. The van der Waals surface area contributed by atoms with Gasteiger partial charge in [-0.1, -0.05) is 0 Å². The fraction of sp³-hybridized carbons (Fsp3) is 0.0909. The zero-order valence-corrected chi connectivity index (χ0v) is 10.2. The van der Waals surface area contributed by atoms with Gasteiger partial charge in [0.25, 0.3) is 0 Å². The number of rotatable bonds is 3. The summed E-state index contributed by atoms with van der Waals surface area (Å²) < 4.78 is 8.78. The quantitative estimate of drug-likeness (QED) is 0.715. The van der Waals surface area contributed by atoms with Crippen molar-refractivity contribution in [3.8, 4) is 0 Å². The average Bonchev–Trinajstić information content (AvgIpc) is 2.97. The topological polar surface area (TPSA) is 53.6 Å². The molecule has 0 aliphatic rings. The molecule has 3 rings (SSSR count). The Hall–Kier alpha value is -1.58. The first kappa shape index (κ1) is 9.63. The number of hydrogen-bond acceptors (Lipinski definition) is 3. The van der Waals surface area contributed by atoms with Gasteiger partial charge in [-0.25, -0.2) is 0 Å². The van der Waals surface area contributed by atoms with Gasteiger partial charge in [-0.15, -0.1) is 0 Å². The first-order valence-electron chi connectivity index (χ1n) is 5.00. The number of benzene rings is 1. The summed E-state index contributed by atoms with van der Waals surface area (Å²) in [6, 6.07) is 8.13. The molecule has 0 saturated carbocycles. The summed E-state index contributed by atoms with van der Waals surface area (Å²) >= 11 is 0.0359. The normalized spacial score (nSPS) is 10.8. The molecule has 0 saturated heterocycles. The fourth-order valence-electron chi connectivity index (χ4n) is 1.61. The molecule has 16 heavy (non-hydrogen) atoms. The Balaban J connectivity index is 1.86. The first-order chi connectivity index (χ1) is 7.93. The van der Waals surface area contributed by atoms with Crippen molar-refractivity contribution in [2.24, 2.45) is 0 Å². The van der Waals surface area contributed by atoms with E-state index in [0.29, 0.717) is 0 Å². The molecule has 0 radical (unpaired) electrons. The zero-order chi connectivity index (χ0) is 10.8. The van der Waals surface area contributed by atoms with Gasteiger partial charge < -0.3 is 0 Å². The van der Waals surface area contributed by atoms with E-state index in [9.17, 15) is 0 Å². The molecule has 0 unspecified atom stereocenters. The molecule has 4 nitrogen and oxygen atoms in total. The van der Waals surface area contributed by atoms with Crippen LogP contribution in [0.2, 0.25) is 0 Å². The van der Waals surface area contributed by atoms with Crippen LogP contribution in [-0.4, -0.2) is 27.9 Å². The van der Waals surface area contributed by atoms with E-state index in [-0.39, 0.29) is 15.0 Å². The molecule has 5 heteroatoms. The standard InChI is InChI=1S/C11H10N4Se/c1-2-9(11-10(3-1)14-16-15-11)13-7-8-4-5-12-6-8/h1-6,12-13H,7H2. The third-order valence-corrected chi connectivity index (χ3v) is 3.57. The van der Waals surface area contributed by atoms with E-state index in [1.807, 2.05) is 30.6 Å².